The molecular formula is C81H127N9O19S. The van der Waals surface area contributed by atoms with Crippen molar-refractivity contribution in [3.63, 3.8) is 0 Å². The van der Waals surface area contributed by atoms with Gasteiger partial charge in [0.1, 0.15) is 24.0 Å². The summed E-state index contributed by atoms with van der Waals surface area (Å²) >= 11 is 0.932. The number of aliphatic hydroxyl groups excluding tert-OH is 1. The second kappa shape index (κ2) is 49.4. The van der Waals surface area contributed by atoms with Gasteiger partial charge in [0.25, 0.3) is 0 Å². The predicted molar refractivity (Wildman–Crippen MR) is 420 cm³/mol. The monoisotopic (exact) mass is 1560 g/mol. The molecule has 2 aromatic carbocycles. The Hall–Kier alpha value is -7.99. The van der Waals surface area contributed by atoms with Crippen molar-refractivity contribution in [2.45, 2.75) is 252 Å². The van der Waals surface area contributed by atoms with E-state index in [4.69, 9.17) is 25.7 Å². The number of rotatable bonds is 54. The molecule has 1 aliphatic heterocycles. The molecule has 2 aromatic rings. The summed E-state index contributed by atoms with van der Waals surface area (Å²) in [6, 6.07) is 10.9. The number of hydrogen-bond acceptors (Lipinski definition) is 20. The number of primary amides is 1. The third-order valence-electron chi connectivity index (χ3n) is 20.9. The SMILES string of the molecule is CC[C@H](C)[C@@H]([C@@H](CC(=O)N1CCC[C@H]1[C@H](OC)[C@@H](C)C(=O)C[C@H](C)[C@@H](O)c1ccccc1)OC)N(C)C(=O)[C@@H](CC(=O)[C@H](C(C)C)N(C)C(=O)OCc1ccc(NC(=O)[C@H](CCCNC(N)=O)CC(=O)[C@@H](NC(=O)CCCCCCC(=O)C(CC(=O)O)SCC(NC(=O)CN)C(=O)CCC(C)=O)C(C)C)cc1)C(C)C. The van der Waals surface area contributed by atoms with Gasteiger partial charge < -0.3 is 76.7 Å². The van der Waals surface area contributed by atoms with Crippen LogP contribution in [0, 0.1) is 47.3 Å². The van der Waals surface area contributed by atoms with Crippen LogP contribution in [0.4, 0.5) is 15.3 Å². The number of carboxylic acids is 1. The molecule has 1 saturated heterocycles. The fourth-order valence-electron chi connectivity index (χ4n) is 14.3. The third-order valence-corrected chi connectivity index (χ3v) is 22.3. The van der Waals surface area contributed by atoms with E-state index >= 15 is 0 Å². The number of carbonyl (C=O) groups excluding carboxylic acids is 13. The number of carbonyl (C=O) groups is 14. The van der Waals surface area contributed by atoms with Crippen molar-refractivity contribution in [2.24, 2.45) is 58.8 Å². The summed E-state index contributed by atoms with van der Waals surface area (Å²) in [5.74, 6) is -9.18. The van der Waals surface area contributed by atoms with Crippen molar-refractivity contribution >= 4 is 99.8 Å². The lowest BCUT2D eigenvalue weighted by atomic mass is 9.83. The highest BCUT2D eigenvalue weighted by Gasteiger charge is 2.44. The van der Waals surface area contributed by atoms with Crippen molar-refractivity contribution < 1.29 is 91.5 Å². The normalized spacial score (nSPS) is 16.5. The molecule has 110 heavy (non-hydrogen) atoms. The number of methoxy groups -OCH3 is 2. The zero-order valence-electron chi connectivity index (χ0n) is 67.5. The quantitative estimate of drug-likeness (QED) is 0.0287. The topological polar surface area (TPSA) is 417 Å². The van der Waals surface area contributed by atoms with Crippen LogP contribution in [0.25, 0.3) is 0 Å². The van der Waals surface area contributed by atoms with E-state index in [2.05, 4.69) is 21.3 Å². The number of anilines is 1. The Morgan fingerprint density at radius 1 is 0.673 bits per heavy atom. The number of aliphatic carboxylic acids is 1. The van der Waals surface area contributed by atoms with Gasteiger partial charge in [0.05, 0.1) is 73.2 Å². The van der Waals surface area contributed by atoms with Gasteiger partial charge >= 0.3 is 18.1 Å². The van der Waals surface area contributed by atoms with Crippen LogP contribution in [0.3, 0.4) is 0 Å². The van der Waals surface area contributed by atoms with E-state index in [1.54, 1.807) is 75.9 Å². The summed E-state index contributed by atoms with van der Waals surface area (Å²) in [4.78, 5) is 191. The molecule has 0 saturated carbocycles. The molecule has 2 unspecified atom stereocenters. The van der Waals surface area contributed by atoms with Crippen LogP contribution in [-0.2, 0) is 78.4 Å². The Kier molecular flexibility index (Phi) is 43.2. The lowest BCUT2D eigenvalue weighted by molar-refractivity contribution is -0.149. The molecule has 1 fully saturated rings. The van der Waals surface area contributed by atoms with Gasteiger partial charge in [-0.2, -0.15) is 0 Å². The first-order valence-electron chi connectivity index (χ1n) is 38.9. The first-order valence-corrected chi connectivity index (χ1v) is 39.9. The van der Waals surface area contributed by atoms with Crippen LogP contribution in [-0.4, -0.2) is 209 Å². The van der Waals surface area contributed by atoms with Gasteiger partial charge in [-0.05, 0) is 98.3 Å². The van der Waals surface area contributed by atoms with E-state index in [1.165, 1.54) is 26.0 Å². The molecule has 0 bridgehead atoms. The number of likely N-dealkylation sites (N-methyl/N-ethyl adjacent to an activating group) is 2. The maximum atomic E-state index is 14.9. The number of amides is 8. The zero-order chi connectivity index (χ0) is 82.6. The van der Waals surface area contributed by atoms with E-state index in [0.717, 1.165) is 17.3 Å². The number of ketones is 6. The van der Waals surface area contributed by atoms with Gasteiger partial charge in [-0.25, -0.2) is 9.59 Å². The minimum atomic E-state index is -1.23. The molecule has 0 aliphatic carbocycles. The highest BCUT2D eigenvalue weighted by molar-refractivity contribution is 8.00. The third kappa shape index (κ3) is 32.0. The summed E-state index contributed by atoms with van der Waals surface area (Å²) in [6.07, 6.45) is 0.157. The number of carboxylic acid groups (broad SMARTS) is 1. The zero-order valence-corrected chi connectivity index (χ0v) is 68.3. The Balaban J connectivity index is 1.64. The van der Waals surface area contributed by atoms with Gasteiger partial charge in [0, 0.05) is 116 Å². The van der Waals surface area contributed by atoms with Crippen LogP contribution in [0.5, 0.6) is 0 Å². The number of likely N-dealkylation sites (tertiary alicyclic amines) is 1. The molecule has 0 aromatic heterocycles. The number of unbranched alkanes of at least 4 members (excludes halogenated alkanes) is 3. The highest BCUT2D eigenvalue weighted by Crippen LogP contribution is 2.34. The molecule has 616 valence electrons. The summed E-state index contributed by atoms with van der Waals surface area (Å²) in [7, 11) is 6.20. The Labute approximate surface area is 654 Å². The first-order chi connectivity index (χ1) is 51.9. The minimum absolute atomic E-state index is 0.0244. The number of nitrogens with one attached hydrogen (secondary N) is 4. The predicted octanol–water partition coefficient (Wildman–Crippen LogP) is 8.73. The number of Topliss-reactive ketones (excluding diaryl/α,β-unsaturated/α-hetero) is 6. The van der Waals surface area contributed by atoms with E-state index < -0.39 is 138 Å². The number of urea groups is 1. The summed E-state index contributed by atoms with van der Waals surface area (Å²) < 4.78 is 17.9. The van der Waals surface area contributed by atoms with Crippen molar-refractivity contribution in [2.75, 3.05) is 59.0 Å². The van der Waals surface area contributed by atoms with Crippen LogP contribution in [0.1, 0.15) is 209 Å². The lowest BCUT2D eigenvalue weighted by Gasteiger charge is -2.41. The smallest absolute Gasteiger partial charge is 0.410 e. The van der Waals surface area contributed by atoms with Crippen LogP contribution >= 0.6 is 11.8 Å². The fourth-order valence-corrected chi connectivity index (χ4v) is 15.5. The van der Waals surface area contributed by atoms with Crippen molar-refractivity contribution in [1.29, 1.82) is 0 Å². The van der Waals surface area contributed by atoms with Gasteiger partial charge in [0.2, 0.25) is 29.5 Å². The Morgan fingerprint density at radius 2 is 1.32 bits per heavy atom. The summed E-state index contributed by atoms with van der Waals surface area (Å²) in [5, 5.41) is 30.3. The first kappa shape index (κ1) is 96.2. The molecule has 29 heteroatoms. The molecule has 3 rings (SSSR count). The van der Waals surface area contributed by atoms with Crippen molar-refractivity contribution in [1.82, 2.24) is 30.7 Å². The van der Waals surface area contributed by atoms with Gasteiger partial charge in [-0.3, -0.25) is 52.7 Å². The number of aliphatic hydroxyl groups is 1. The number of hydrogen-bond donors (Lipinski definition) is 8. The number of ether oxygens (including phenoxy) is 3. The maximum absolute atomic E-state index is 14.9. The lowest BCUT2D eigenvalue weighted by Crippen LogP contribution is -2.54. The second-order valence-electron chi connectivity index (χ2n) is 30.5. The van der Waals surface area contributed by atoms with Gasteiger partial charge in [0.15, 0.2) is 17.3 Å². The van der Waals surface area contributed by atoms with Gasteiger partial charge in [-0.1, -0.05) is 131 Å². The average molecular weight is 1560 g/mol. The van der Waals surface area contributed by atoms with Crippen molar-refractivity contribution in [3.05, 3.63) is 65.7 Å². The van der Waals surface area contributed by atoms with E-state index in [1.807, 2.05) is 71.9 Å². The Bertz CT molecular complexity index is 3340. The number of benzene rings is 2. The largest absolute Gasteiger partial charge is 0.481 e. The summed E-state index contributed by atoms with van der Waals surface area (Å²) in [6.45, 7) is 19.7. The molecule has 14 atom stereocenters. The van der Waals surface area contributed by atoms with Gasteiger partial charge in [-0.15, -0.1) is 11.8 Å². The Morgan fingerprint density at radius 3 is 1.88 bits per heavy atom. The average Bonchev–Trinajstić information content (AvgIpc) is 1.34. The molecule has 0 spiro atoms. The fraction of sp³-hybridized carbons (Fsp3) is 0.679. The van der Waals surface area contributed by atoms with Crippen LogP contribution in [0.15, 0.2) is 54.6 Å². The number of thioether (sulfide) groups is 1. The van der Waals surface area contributed by atoms with E-state index in [0.29, 0.717) is 62.7 Å². The molecular weight excluding hydrogens is 1440 g/mol. The van der Waals surface area contributed by atoms with Crippen LogP contribution in [0.2, 0.25) is 0 Å². The molecule has 1 aliphatic rings. The van der Waals surface area contributed by atoms with E-state index in [9.17, 15) is 77.3 Å². The number of nitrogens with zero attached hydrogens (tertiary/aromatic N) is 3. The molecule has 0 radical (unpaired) electrons. The van der Waals surface area contributed by atoms with Crippen LogP contribution < -0.4 is 32.7 Å². The van der Waals surface area contributed by atoms with Crippen molar-refractivity contribution in [3.8, 4) is 0 Å². The molecule has 8 amide bonds. The molecule has 10 N–H and O–H groups in total. The standard InChI is InChI=1S/C81H127N9O19S/c1-16-51(8)75(67(107-14)43-71(99)90-39-25-29-61(90)77(108-15)54(11)64(94)40-52(9)76(102)56-26-20-19-21-27-56)88(12)79(104)59(48(2)3)42-66(96)74(50(6)7)89(13)81(106)109-46-55-33-35-58(36-34-55)85-78(103)57(28-24-38-84-80(83)105)41-65(95)73(49(4)5)87-69(97)31-23-18-17-22-30-63(93)68(44-72(100)101)110-47-60(86-70(98)45-82)62(92)37-32-53(10)91/h19-21,26-27,33-36,48-52,54,57,59-61,67-68,73-77,102H,16-18,22-25,28-32,37-47,82H2,1-15H3,(H,85,103)(H,86,98)(H,87,97)(H,100,101)(H3,83,84,105)/t51-,52-,54-,57+,59-,60?,61-,67+,68?,73-,74-,75-,76+,77+/m0/s1. The maximum Gasteiger partial charge on any atom is 0.410 e. The van der Waals surface area contributed by atoms with E-state index in [-0.39, 0.29) is 142 Å². The summed E-state index contributed by atoms with van der Waals surface area (Å²) in [5.41, 5.74) is 12.3. The highest BCUT2D eigenvalue weighted by atomic mass is 32.2. The number of nitrogens with two attached hydrogens (primary N) is 2. The molecule has 1 heterocycles. The molecule has 28 nitrogen and oxygen atoms in total. The minimum Gasteiger partial charge on any atom is -0.481 e. The second-order valence-corrected chi connectivity index (χ2v) is 31.8.